The molecule has 0 aromatic rings. The maximum atomic E-state index is 11.9. The molecule has 0 aromatic heterocycles. The molecule has 0 aliphatic carbocycles. The van der Waals surface area contributed by atoms with Crippen LogP contribution in [0.15, 0.2) is 15.3 Å². The molecule has 8 heteroatoms. The second kappa shape index (κ2) is 5.51. The highest BCUT2D eigenvalue weighted by Gasteiger charge is 2.62. The van der Waals surface area contributed by atoms with Crippen LogP contribution in [0.1, 0.15) is 20.8 Å². The standard InChI is InChI=1S/C12H14BrN5O2/c1-4-17-20-10-11(2,3)12(6-15,9(16)19)7(5-14)8(13)18-10/h4,10,18H,1-3H3,(H2,16,19). The molecule has 0 saturated heterocycles. The van der Waals surface area contributed by atoms with Crippen LogP contribution >= 0.6 is 15.9 Å². The van der Waals surface area contributed by atoms with Gasteiger partial charge in [-0.2, -0.15) is 10.5 Å². The summed E-state index contributed by atoms with van der Waals surface area (Å²) in [6.45, 7) is 4.88. The van der Waals surface area contributed by atoms with Gasteiger partial charge in [0.2, 0.25) is 12.1 Å². The highest BCUT2D eigenvalue weighted by Crippen LogP contribution is 2.51. The van der Waals surface area contributed by atoms with Crippen molar-refractivity contribution in [1.29, 1.82) is 10.5 Å². The summed E-state index contributed by atoms with van der Waals surface area (Å²) in [5.74, 6) is -0.908. The average Bonchev–Trinajstić information content (AvgIpc) is 2.38. The monoisotopic (exact) mass is 339 g/mol. The molecule has 1 amide bonds. The van der Waals surface area contributed by atoms with Crippen LogP contribution in [0.4, 0.5) is 0 Å². The molecule has 1 aliphatic rings. The van der Waals surface area contributed by atoms with Gasteiger partial charge in [0.05, 0.1) is 27.7 Å². The normalized spacial score (nSPS) is 28.4. The lowest BCUT2D eigenvalue weighted by Crippen LogP contribution is -2.61. The molecule has 3 N–H and O–H groups in total. The Morgan fingerprint density at radius 1 is 1.60 bits per heavy atom. The zero-order chi connectivity index (χ0) is 15.6. The fraction of sp³-hybridized carbons (Fsp3) is 0.500. The Morgan fingerprint density at radius 2 is 2.20 bits per heavy atom. The number of hydrogen-bond donors (Lipinski definition) is 2. The maximum absolute atomic E-state index is 11.9. The highest BCUT2D eigenvalue weighted by atomic mass is 79.9. The van der Waals surface area contributed by atoms with Crippen molar-refractivity contribution in [3.8, 4) is 12.1 Å². The summed E-state index contributed by atoms with van der Waals surface area (Å²) in [5.41, 5.74) is 2.42. The molecule has 2 unspecified atom stereocenters. The predicted octanol–water partition coefficient (Wildman–Crippen LogP) is 1.09. The highest BCUT2D eigenvalue weighted by molar-refractivity contribution is 9.11. The zero-order valence-electron chi connectivity index (χ0n) is 11.3. The van der Waals surface area contributed by atoms with E-state index in [4.69, 9.17) is 10.6 Å². The minimum absolute atomic E-state index is 0.0715. The van der Waals surface area contributed by atoms with E-state index < -0.39 is 23.0 Å². The summed E-state index contributed by atoms with van der Waals surface area (Å²) >= 11 is 3.14. The van der Waals surface area contributed by atoms with Crippen molar-refractivity contribution >= 4 is 28.1 Å². The predicted molar refractivity (Wildman–Crippen MR) is 74.8 cm³/mol. The molecule has 0 bridgehead atoms. The SMILES string of the molecule is CC=NOC1NC(Br)=C(C#N)C(C#N)(C(N)=O)C1(C)C. The van der Waals surface area contributed by atoms with Gasteiger partial charge in [0.15, 0.2) is 5.41 Å². The number of amides is 1. The molecular formula is C12H14BrN5O2. The van der Waals surface area contributed by atoms with E-state index in [2.05, 4.69) is 26.4 Å². The van der Waals surface area contributed by atoms with Crippen LogP contribution in [0.3, 0.4) is 0 Å². The van der Waals surface area contributed by atoms with Crippen molar-refractivity contribution in [1.82, 2.24) is 5.32 Å². The van der Waals surface area contributed by atoms with Crippen LogP contribution < -0.4 is 11.1 Å². The summed E-state index contributed by atoms with van der Waals surface area (Å²) in [6, 6.07) is 3.75. The summed E-state index contributed by atoms with van der Waals surface area (Å²) in [4.78, 5) is 17.2. The lowest BCUT2D eigenvalue weighted by Gasteiger charge is -2.46. The number of nitriles is 2. The van der Waals surface area contributed by atoms with Crippen molar-refractivity contribution < 1.29 is 9.63 Å². The Balaban J connectivity index is 3.58. The van der Waals surface area contributed by atoms with E-state index in [0.717, 1.165) is 0 Å². The van der Waals surface area contributed by atoms with Crippen LogP contribution in [0.5, 0.6) is 0 Å². The molecule has 1 heterocycles. The van der Waals surface area contributed by atoms with E-state index in [1.165, 1.54) is 6.21 Å². The fourth-order valence-electron chi connectivity index (χ4n) is 2.16. The number of carbonyl (C=O) groups is 1. The van der Waals surface area contributed by atoms with Gasteiger partial charge in [0.25, 0.3) is 0 Å². The number of carbonyl (C=O) groups excluding carboxylic acids is 1. The number of primary amides is 1. The molecule has 0 fully saturated rings. The van der Waals surface area contributed by atoms with Gasteiger partial charge in [-0.25, -0.2) is 0 Å². The van der Waals surface area contributed by atoms with E-state index in [1.54, 1.807) is 20.8 Å². The first-order chi connectivity index (χ1) is 9.29. The van der Waals surface area contributed by atoms with E-state index in [1.807, 2.05) is 12.1 Å². The van der Waals surface area contributed by atoms with Gasteiger partial charge in [-0.1, -0.05) is 19.0 Å². The van der Waals surface area contributed by atoms with Gasteiger partial charge in [-0.15, -0.1) is 0 Å². The minimum Gasteiger partial charge on any atom is -0.370 e. The summed E-state index contributed by atoms with van der Waals surface area (Å²) in [7, 11) is 0. The van der Waals surface area contributed by atoms with Gasteiger partial charge in [0.1, 0.15) is 0 Å². The van der Waals surface area contributed by atoms with Crippen LogP contribution in [-0.4, -0.2) is 18.3 Å². The third kappa shape index (κ3) is 2.02. The Kier molecular flexibility index (Phi) is 4.41. The summed E-state index contributed by atoms with van der Waals surface area (Å²) in [6.07, 6.45) is 0.616. The quantitative estimate of drug-likeness (QED) is 0.452. The number of oxime groups is 1. The molecule has 0 spiro atoms. The third-order valence-electron chi connectivity index (χ3n) is 3.40. The van der Waals surface area contributed by atoms with Gasteiger partial charge in [0, 0.05) is 6.21 Å². The second-order valence-electron chi connectivity index (χ2n) is 4.74. The molecule has 0 saturated carbocycles. The van der Waals surface area contributed by atoms with Crippen molar-refractivity contribution in [3.05, 3.63) is 10.2 Å². The van der Waals surface area contributed by atoms with Gasteiger partial charge < -0.3 is 15.9 Å². The number of rotatable bonds is 3. The van der Waals surface area contributed by atoms with Crippen molar-refractivity contribution in [3.63, 3.8) is 0 Å². The molecule has 106 valence electrons. The first-order valence-electron chi connectivity index (χ1n) is 5.71. The summed E-state index contributed by atoms with van der Waals surface area (Å²) in [5, 5.41) is 25.3. The zero-order valence-corrected chi connectivity index (χ0v) is 12.9. The maximum Gasteiger partial charge on any atom is 0.244 e. The lowest BCUT2D eigenvalue weighted by molar-refractivity contribution is -0.138. The number of nitrogens with one attached hydrogen (secondary N) is 1. The Bertz CT molecular complexity index is 569. The molecule has 0 radical (unpaired) electrons. The Hall–Kier alpha value is -2.06. The molecule has 7 nitrogen and oxygen atoms in total. The van der Waals surface area contributed by atoms with Crippen LogP contribution in [0, 0.1) is 33.5 Å². The van der Waals surface area contributed by atoms with Gasteiger partial charge in [-0.05, 0) is 22.9 Å². The van der Waals surface area contributed by atoms with Crippen molar-refractivity contribution in [2.75, 3.05) is 0 Å². The average molecular weight is 340 g/mol. The summed E-state index contributed by atoms with van der Waals surface area (Å²) < 4.78 is 0.191. The van der Waals surface area contributed by atoms with Gasteiger partial charge in [-0.3, -0.25) is 4.79 Å². The molecule has 20 heavy (non-hydrogen) atoms. The Labute approximate surface area is 125 Å². The molecule has 1 aliphatic heterocycles. The molecule has 2 atom stereocenters. The molecular weight excluding hydrogens is 326 g/mol. The topological polar surface area (TPSA) is 124 Å². The molecule has 0 aromatic carbocycles. The Morgan fingerprint density at radius 3 is 2.60 bits per heavy atom. The van der Waals surface area contributed by atoms with E-state index in [0.29, 0.717) is 0 Å². The van der Waals surface area contributed by atoms with E-state index in [9.17, 15) is 15.3 Å². The minimum atomic E-state index is -1.82. The molecule has 1 rings (SSSR count). The smallest absolute Gasteiger partial charge is 0.244 e. The van der Waals surface area contributed by atoms with Gasteiger partial charge >= 0.3 is 0 Å². The third-order valence-corrected chi connectivity index (χ3v) is 4.02. The van der Waals surface area contributed by atoms with E-state index >= 15 is 0 Å². The van der Waals surface area contributed by atoms with Crippen molar-refractivity contribution in [2.45, 2.75) is 27.0 Å². The lowest BCUT2D eigenvalue weighted by atomic mass is 9.59. The van der Waals surface area contributed by atoms with E-state index in [-0.39, 0.29) is 10.2 Å². The number of hydrogen-bond acceptors (Lipinski definition) is 6. The second-order valence-corrected chi connectivity index (χ2v) is 5.53. The number of halogens is 1. The fourth-order valence-corrected chi connectivity index (χ4v) is 2.75. The van der Waals surface area contributed by atoms with Crippen LogP contribution in [-0.2, 0) is 9.63 Å². The first-order valence-corrected chi connectivity index (χ1v) is 6.50. The number of nitrogens with two attached hydrogens (primary N) is 1. The first kappa shape index (κ1) is 16.0. The number of nitrogens with zero attached hydrogens (tertiary/aromatic N) is 3. The van der Waals surface area contributed by atoms with Crippen LogP contribution in [0.2, 0.25) is 0 Å². The van der Waals surface area contributed by atoms with Crippen molar-refractivity contribution in [2.24, 2.45) is 21.7 Å². The largest absolute Gasteiger partial charge is 0.370 e. The van der Waals surface area contributed by atoms with Crippen LogP contribution in [0.25, 0.3) is 0 Å².